The quantitative estimate of drug-likeness (QED) is 0.436. The fourth-order valence-corrected chi connectivity index (χ4v) is 9.10. The zero-order chi connectivity index (χ0) is 22.4. The minimum Gasteiger partial charge on any atom is -0.353 e. The highest BCUT2D eigenvalue weighted by Gasteiger charge is 2.59. The highest BCUT2D eigenvalue weighted by molar-refractivity contribution is 5.73. The van der Waals surface area contributed by atoms with Crippen LogP contribution in [0.4, 0.5) is 0 Å². The van der Waals surface area contributed by atoms with Crippen molar-refractivity contribution in [3.63, 3.8) is 0 Å². The maximum atomic E-state index is 11.6. The number of rotatable bonds is 6. The largest absolute Gasteiger partial charge is 0.353 e. The molecule has 4 rings (SSSR count). The molecule has 0 heterocycles. The second kappa shape index (κ2) is 8.86. The number of carbonyl (C=O) groups excluding carboxylic acids is 1. The van der Waals surface area contributed by atoms with E-state index in [0.29, 0.717) is 16.9 Å². The van der Waals surface area contributed by atoms with E-state index in [-0.39, 0.29) is 5.91 Å². The van der Waals surface area contributed by atoms with Gasteiger partial charge in [0.25, 0.3) is 0 Å². The third-order valence-corrected chi connectivity index (χ3v) is 10.7. The summed E-state index contributed by atoms with van der Waals surface area (Å²) < 4.78 is 0. The summed E-state index contributed by atoms with van der Waals surface area (Å²) in [5, 5.41) is 3.21. The van der Waals surface area contributed by atoms with Gasteiger partial charge in [-0.05, 0) is 97.7 Å². The summed E-state index contributed by atoms with van der Waals surface area (Å²) in [7, 11) is 0. The molecule has 2 heteroatoms. The van der Waals surface area contributed by atoms with Crippen LogP contribution in [0.1, 0.15) is 112 Å². The van der Waals surface area contributed by atoms with Crippen molar-refractivity contribution in [2.24, 2.45) is 46.3 Å². The first-order chi connectivity index (χ1) is 14.6. The lowest BCUT2D eigenvalue weighted by Crippen LogP contribution is -2.52. The van der Waals surface area contributed by atoms with Gasteiger partial charge in [-0.15, -0.1) is 0 Å². The molecule has 8 atom stereocenters. The van der Waals surface area contributed by atoms with Crippen molar-refractivity contribution in [1.29, 1.82) is 0 Å². The van der Waals surface area contributed by atoms with Crippen LogP contribution in [0.2, 0.25) is 0 Å². The van der Waals surface area contributed by atoms with Gasteiger partial charge in [-0.1, -0.05) is 65.5 Å². The summed E-state index contributed by atoms with van der Waals surface area (Å²) in [6, 6.07) is 0.366. The van der Waals surface area contributed by atoms with Gasteiger partial charge in [0.2, 0.25) is 5.91 Å². The van der Waals surface area contributed by atoms with E-state index in [9.17, 15) is 4.79 Å². The first-order valence-corrected chi connectivity index (χ1v) is 13.6. The van der Waals surface area contributed by atoms with E-state index in [1.807, 2.05) is 0 Å². The average Bonchev–Trinajstić information content (AvgIpc) is 3.05. The molecule has 1 amide bonds. The Kier molecular flexibility index (Phi) is 6.68. The van der Waals surface area contributed by atoms with Crippen molar-refractivity contribution in [1.82, 2.24) is 5.32 Å². The fourth-order valence-electron chi connectivity index (χ4n) is 9.10. The number of fused-ring (bicyclic) bond motifs is 5. The molecule has 0 aromatic rings. The standard InChI is InChI=1S/C29H49NO/c1-19(2)8-7-9-20(3)25-12-13-26-24-11-10-22-18-23(30-21(4)31)14-16-28(22,5)27(24)15-17-29(25,26)6/h10,19-20,23-27H,7-9,11-18H2,1-6H3,(H,30,31)/t20-,23-,24+,25-,26+,27+,28-,29+/m0/s1. The fraction of sp³-hybridized carbons (Fsp3) is 0.897. The minimum atomic E-state index is 0.135. The van der Waals surface area contributed by atoms with Crippen LogP contribution in [0.25, 0.3) is 0 Å². The Morgan fingerprint density at radius 3 is 2.55 bits per heavy atom. The second-order valence-corrected chi connectivity index (χ2v) is 12.9. The van der Waals surface area contributed by atoms with Crippen molar-refractivity contribution in [3.8, 4) is 0 Å². The van der Waals surface area contributed by atoms with Gasteiger partial charge in [-0.2, -0.15) is 0 Å². The zero-order valence-corrected chi connectivity index (χ0v) is 21.3. The van der Waals surface area contributed by atoms with Crippen LogP contribution < -0.4 is 5.32 Å². The summed E-state index contributed by atoms with van der Waals surface area (Å²) in [6.07, 6.45) is 17.6. The van der Waals surface area contributed by atoms with Gasteiger partial charge in [0.1, 0.15) is 0 Å². The Morgan fingerprint density at radius 1 is 1.06 bits per heavy atom. The van der Waals surface area contributed by atoms with Gasteiger partial charge in [-0.3, -0.25) is 4.79 Å². The third kappa shape index (κ3) is 4.26. The Hall–Kier alpha value is -0.790. The number of hydrogen-bond donors (Lipinski definition) is 1. The monoisotopic (exact) mass is 427 g/mol. The molecular weight excluding hydrogens is 378 g/mol. The molecule has 3 saturated carbocycles. The number of allylic oxidation sites excluding steroid dienone is 1. The molecule has 0 aliphatic heterocycles. The second-order valence-electron chi connectivity index (χ2n) is 12.9. The van der Waals surface area contributed by atoms with E-state index >= 15 is 0 Å². The van der Waals surface area contributed by atoms with E-state index in [1.165, 1.54) is 57.8 Å². The SMILES string of the molecule is CC(=O)N[C@H]1CC[C@@]2(C)C(=CC[C@@H]3[C@H]4CC[C@@H]([C@@H](C)CCCC(C)C)[C@@]4(C)CC[C@H]32)C1. The predicted octanol–water partition coefficient (Wildman–Crippen LogP) is 7.53. The maximum Gasteiger partial charge on any atom is 0.217 e. The summed E-state index contributed by atoms with van der Waals surface area (Å²) in [5.74, 6) is 5.53. The number of carbonyl (C=O) groups is 1. The molecule has 176 valence electrons. The molecule has 31 heavy (non-hydrogen) atoms. The molecule has 3 fully saturated rings. The predicted molar refractivity (Wildman–Crippen MR) is 131 cm³/mol. The minimum absolute atomic E-state index is 0.135. The molecule has 0 unspecified atom stereocenters. The molecule has 0 aromatic carbocycles. The Balaban J connectivity index is 1.47. The highest BCUT2D eigenvalue weighted by atomic mass is 16.1. The summed E-state index contributed by atoms with van der Waals surface area (Å²) in [5.41, 5.74) is 2.65. The van der Waals surface area contributed by atoms with E-state index in [4.69, 9.17) is 0 Å². The lowest BCUT2D eigenvalue weighted by molar-refractivity contribution is -0.120. The van der Waals surface area contributed by atoms with E-state index in [1.54, 1.807) is 12.5 Å². The van der Waals surface area contributed by atoms with Crippen LogP contribution in [0.5, 0.6) is 0 Å². The van der Waals surface area contributed by atoms with Crippen LogP contribution in [0, 0.1) is 46.3 Å². The molecule has 0 spiro atoms. The van der Waals surface area contributed by atoms with Crippen molar-refractivity contribution in [2.45, 2.75) is 118 Å². The summed E-state index contributed by atoms with van der Waals surface area (Å²) in [6.45, 7) is 14.3. The van der Waals surface area contributed by atoms with Crippen molar-refractivity contribution in [3.05, 3.63) is 11.6 Å². The summed E-state index contributed by atoms with van der Waals surface area (Å²) in [4.78, 5) is 11.6. The lowest BCUT2D eigenvalue weighted by Gasteiger charge is -2.58. The number of nitrogens with one attached hydrogen (secondary N) is 1. The van der Waals surface area contributed by atoms with E-state index in [2.05, 4.69) is 46.0 Å². The molecule has 0 bridgehead atoms. The molecule has 1 N–H and O–H groups in total. The maximum absolute atomic E-state index is 11.6. The molecule has 0 saturated heterocycles. The van der Waals surface area contributed by atoms with Crippen LogP contribution in [0.15, 0.2) is 11.6 Å². The molecule has 2 nitrogen and oxygen atoms in total. The van der Waals surface area contributed by atoms with Gasteiger partial charge in [0, 0.05) is 13.0 Å². The van der Waals surface area contributed by atoms with Gasteiger partial charge in [0.15, 0.2) is 0 Å². The topological polar surface area (TPSA) is 29.1 Å². The van der Waals surface area contributed by atoms with Gasteiger partial charge < -0.3 is 5.32 Å². The molecule has 0 radical (unpaired) electrons. The van der Waals surface area contributed by atoms with Gasteiger partial charge in [-0.25, -0.2) is 0 Å². The first kappa shape index (κ1) is 23.4. The van der Waals surface area contributed by atoms with Crippen LogP contribution >= 0.6 is 0 Å². The molecular formula is C29H49NO. The Morgan fingerprint density at radius 2 is 1.84 bits per heavy atom. The first-order valence-electron chi connectivity index (χ1n) is 13.6. The van der Waals surface area contributed by atoms with E-state index < -0.39 is 0 Å². The Labute approximate surface area is 192 Å². The van der Waals surface area contributed by atoms with Crippen LogP contribution in [0.3, 0.4) is 0 Å². The smallest absolute Gasteiger partial charge is 0.217 e. The van der Waals surface area contributed by atoms with Crippen LogP contribution in [-0.4, -0.2) is 11.9 Å². The van der Waals surface area contributed by atoms with Crippen molar-refractivity contribution < 1.29 is 4.79 Å². The highest BCUT2D eigenvalue weighted by Crippen LogP contribution is 2.67. The van der Waals surface area contributed by atoms with Gasteiger partial charge >= 0.3 is 0 Å². The van der Waals surface area contributed by atoms with Gasteiger partial charge in [0.05, 0.1) is 0 Å². The summed E-state index contributed by atoms with van der Waals surface area (Å²) >= 11 is 0. The van der Waals surface area contributed by atoms with E-state index in [0.717, 1.165) is 48.3 Å². The number of amides is 1. The van der Waals surface area contributed by atoms with Crippen LogP contribution in [-0.2, 0) is 4.79 Å². The Bertz CT molecular complexity index is 695. The lowest BCUT2D eigenvalue weighted by atomic mass is 9.47. The molecule has 4 aliphatic rings. The average molecular weight is 428 g/mol. The van der Waals surface area contributed by atoms with Crippen molar-refractivity contribution in [2.75, 3.05) is 0 Å². The third-order valence-electron chi connectivity index (χ3n) is 10.7. The zero-order valence-electron chi connectivity index (χ0n) is 21.3. The molecule has 4 aliphatic carbocycles. The normalized spacial score (nSPS) is 42.9. The molecule has 0 aromatic heterocycles. The number of hydrogen-bond acceptors (Lipinski definition) is 1. The van der Waals surface area contributed by atoms with Crippen molar-refractivity contribution >= 4 is 5.91 Å².